The molecular formula is C28H19NO2. The Morgan fingerprint density at radius 2 is 1.13 bits per heavy atom. The lowest BCUT2D eigenvalue weighted by atomic mass is 9.94. The number of nitrogens with zero attached hydrogens (tertiary/aromatic N) is 1. The van der Waals surface area contributed by atoms with E-state index in [0.29, 0.717) is 5.56 Å². The minimum absolute atomic E-state index is 0.120. The first-order valence-corrected chi connectivity index (χ1v) is 10.1. The Bertz CT molecular complexity index is 1390. The fourth-order valence-electron chi connectivity index (χ4n) is 4.05. The van der Waals surface area contributed by atoms with Gasteiger partial charge in [-0.3, -0.25) is 10.1 Å². The highest BCUT2D eigenvalue weighted by atomic mass is 16.6. The molecule has 0 saturated carbocycles. The van der Waals surface area contributed by atoms with E-state index in [9.17, 15) is 10.1 Å². The van der Waals surface area contributed by atoms with Crippen LogP contribution in [0.2, 0.25) is 0 Å². The molecule has 0 amide bonds. The highest BCUT2D eigenvalue weighted by Gasteiger charge is 2.15. The summed E-state index contributed by atoms with van der Waals surface area (Å²) in [6.07, 6.45) is 0. The SMILES string of the molecule is O=[N+]([O-])c1ccccc1-c1ccc2c(-c3ccc(-c4ccccc4)cc3)cccc2c1. The van der Waals surface area contributed by atoms with Crippen molar-refractivity contribution in [3.05, 3.63) is 125 Å². The minimum Gasteiger partial charge on any atom is -0.258 e. The lowest BCUT2D eigenvalue weighted by Crippen LogP contribution is -1.91. The van der Waals surface area contributed by atoms with Crippen LogP contribution in [0.3, 0.4) is 0 Å². The molecule has 0 aliphatic carbocycles. The fourth-order valence-corrected chi connectivity index (χ4v) is 4.05. The van der Waals surface area contributed by atoms with Gasteiger partial charge in [0.15, 0.2) is 0 Å². The highest BCUT2D eigenvalue weighted by molar-refractivity contribution is 5.99. The van der Waals surface area contributed by atoms with Crippen molar-refractivity contribution in [2.24, 2.45) is 0 Å². The first kappa shape index (κ1) is 18.8. The Morgan fingerprint density at radius 1 is 0.516 bits per heavy atom. The molecule has 5 aromatic carbocycles. The smallest absolute Gasteiger partial charge is 0.258 e. The number of para-hydroxylation sites is 1. The quantitative estimate of drug-likeness (QED) is 0.228. The fraction of sp³-hybridized carbons (Fsp3) is 0. The lowest BCUT2D eigenvalue weighted by molar-refractivity contribution is -0.384. The zero-order valence-electron chi connectivity index (χ0n) is 16.7. The number of nitro groups is 1. The number of hydrogen-bond acceptors (Lipinski definition) is 2. The molecule has 148 valence electrons. The van der Waals surface area contributed by atoms with Gasteiger partial charge in [-0.2, -0.15) is 0 Å². The lowest BCUT2D eigenvalue weighted by Gasteiger charge is -2.10. The van der Waals surface area contributed by atoms with Gasteiger partial charge in [0.25, 0.3) is 5.69 Å². The molecule has 0 spiro atoms. The summed E-state index contributed by atoms with van der Waals surface area (Å²) in [4.78, 5) is 11.1. The Morgan fingerprint density at radius 3 is 1.90 bits per heavy atom. The molecule has 0 aromatic heterocycles. The molecule has 31 heavy (non-hydrogen) atoms. The maximum absolute atomic E-state index is 11.4. The van der Waals surface area contributed by atoms with E-state index in [2.05, 4.69) is 54.6 Å². The van der Waals surface area contributed by atoms with Gasteiger partial charge in [-0.15, -0.1) is 0 Å². The van der Waals surface area contributed by atoms with Crippen molar-refractivity contribution in [3.63, 3.8) is 0 Å². The van der Waals surface area contributed by atoms with Crippen LogP contribution in [-0.2, 0) is 0 Å². The van der Waals surface area contributed by atoms with Crippen molar-refractivity contribution >= 4 is 16.5 Å². The van der Waals surface area contributed by atoms with Crippen molar-refractivity contribution in [3.8, 4) is 33.4 Å². The van der Waals surface area contributed by atoms with E-state index in [4.69, 9.17) is 0 Å². The number of fused-ring (bicyclic) bond motifs is 1. The average molecular weight is 401 g/mol. The molecule has 0 fully saturated rings. The van der Waals surface area contributed by atoms with E-state index in [-0.39, 0.29) is 10.6 Å². The van der Waals surface area contributed by atoms with Crippen molar-refractivity contribution in [2.45, 2.75) is 0 Å². The maximum Gasteiger partial charge on any atom is 0.277 e. The largest absolute Gasteiger partial charge is 0.277 e. The van der Waals surface area contributed by atoms with Crippen LogP contribution in [0.4, 0.5) is 5.69 Å². The topological polar surface area (TPSA) is 43.1 Å². The monoisotopic (exact) mass is 401 g/mol. The first-order valence-electron chi connectivity index (χ1n) is 10.1. The second-order valence-corrected chi connectivity index (χ2v) is 7.46. The molecule has 5 aromatic rings. The first-order chi connectivity index (χ1) is 15.2. The van der Waals surface area contributed by atoms with E-state index in [1.165, 1.54) is 11.1 Å². The summed E-state index contributed by atoms with van der Waals surface area (Å²) in [5.74, 6) is 0. The van der Waals surface area contributed by atoms with Crippen LogP contribution in [0.5, 0.6) is 0 Å². The Kier molecular flexibility index (Phi) is 4.77. The molecule has 0 bridgehead atoms. The molecule has 0 heterocycles. The molecule has 0 aliphatic rings. The van der Waals surface area contributed by atoms with Crippen LogP contribution in [-0.4, -0.2) is 4.92 Å². The van der Waals surface area contributed by atoms with Crippen LogP contribution in [0.25, 0.3) is 44.2 Å². The summed E-state index contributed by atoms with van der Waals surface area (Å²) in [6, 6.07) is 38.0. The number of rotatable bonds is 4. The van der Waals surface area contributed by atoms with Gasteiger partial charge in [-0.05, 0) is 50.7 Å². The zero-order valence-corrected chi connectivity index (χ0v) is 16.7. The molecule has 0 saturated heterocycles. The van der Waals surface area contributed by atoms with Gasteiger partial charge >= 0.3 is 0 Å². The van der Waals surface area contributed by atoms with E-state index in [1.54, 1.807) is 18.2 Å². The summed E-state index contributed by atoms with van der Waals surface area (Å²) < 4.78 is 0. The van der Waals surface area contributed by atoms with Gasteiger partial charge in [0.05, 0.1) is 10.5 Å². The Balaban J connectivity index is 1.57. The van der Waals surface area contributed by atoms with Gasteiger partial charge in [0, 0.05) is 6.07 Å². The highest BCUT2D eigenvalue weighted by Crippen LogP contribution is 2.35. The summed E-state index contributed by atoms with van der Waals surface area (Å²) in [6.45, 7) is 0. The predicted molar refractivity (Wildman–Crippen MR) is 127 cm³/mol. The van der Waals surface area contributed by atoms with Gasteiger partial charge in [-0.25, -0.2) is 0 Å². The summed E-state index contributed by atoms with van der Waals surface area (Å²) in [5, 5.41) is 13.6. The summed E-state index contributed by atoms with van der Waals surface area (Å²) >= 11 is 0. The second-order valence-electron chi connectivity index (χ2n) is 7.46. The third-order valence-electron chi connectivity index (χ3n) is 5.60. The Labute approximate surface area is 180 Å². The third-order valence-corrected chi connectivity index (χ3v) is 5.60. The average Bonchev–Trinajstić information content (AvgIpc) is 2.84. The Hall–Kier alpha value is -4.24. The number of hydrogen-bond donors (Lipinski definition) is 0. The second kappa shape index (κ2) is 7.88. The third kappa shape index (κ3) is 3.58. The molecule has 5 rings (SSSR count). The number of nitro benzene ring substituents is 1. The van der Waals surface area contributed by atoms with Crippen molar-refractivity contribution in [1.82, 2.24) is 0 Å². The van der Waals surface area contributed by atoms with Gasteiger partial charge in [-0.1, -0.05) is 97.1 Å². The van der Waals surface area contributed by atoms with Crippen molar-refractivity contribution in [1.29, 1.82) is 0 Å². The molecule has 0 unspecified atom stereocenters. The van der Waals surface area contributed by atoms with Crippen LogP contribution < -0.4 is 0 Å². The summed E-state index contributed by atoms with van der Waals surface area (Å²) in [5.41, 5.74) is 6.26. The molecule has 0 aliphatic heterocycles. The minimum atomic E-state index is -0.329. The maximum atomic E-state index is 11.4. The molecule has 0 N–H and O–H groups in total. The molecule has 3 nitrogen and oxygen atoms in total. The van der Waals surface area contributed by atoms with Crippen LogP contribution in [0.15, 0.2) is 115 Å². The molecular weight excluding hydrogens is 382 g/mol. The van der Waals surface area contributed by atoms with E-state index < -0.39 is 0 Å². The molecule has 0 radical (unpaired) electrons. The van der Waals surface area contributed by atoms with Crippen molar-refractivity contribution in [2.75, 3.05) is 0 Å². The van der Waals surface area contributed by atoms with Crippen LogP contribution in [0, 0.1) is 10.1 Å². The van der Waals surface area contributed by atoms with Gasteiger partial charge in [0.2, 0.25) is 0 Å². The zero-order chi connectivity index (χ0) is 21.2. The normalized spacial score (nSPS) is 10.8. The summed E-state index contributed by atoms with van der Waals surface area (Å²) in [7, 11) is 0. The standard InChI is InChI=1S/C28H19NO2/c30-29(31)28-12-5-4-10-27(28)24-17-18-26-23(19-24)9-6-11-25(26)22-15-13-21(14-16-22)20-7-2-1-3-8-20/h1-19H. The molecule has 3 heteroatoms. The van der Waals surface area contributed by atoms with Crippen LogP contribution in [0.1, 0.15) is 0 Å². The van der Waals surface area contributed by atoms with Crippen molar-refractivity contribution < 1.29 is 4.92 Å². The van der Waals surface area contributed by atoms with E-state index in [0.717, 1.165) is 27.5 Å². The van der Waals surface area contributed by atoms with Gasteiger partial charge in [0.1, 0.15) is 0 Å². The number of benzene rings is 5. The van der Waals surface area contributed by atoms with Crippen LogP contribution >= 0.6 is 0 Å². The van der Waals surface area contributed by atoms with Gasteiger partial charge < -0.3 is 0 Å². The molecule has 0 atom stereocenters. The van der Waals surface area contributed by atoms with E-state index >= 15 is 0 Å². The van der Waals surface area contributed by atoms with E-state index in [1.807, 2.05) is 42.5 Å². The predicted octanol–water partition coefficient (Wildman–Crippen LogP) is 7.75.